The van der Waals surface area contributed by atoms with Crippen LogP contribution in [0.5, 0.6) is 0 Å². The Morgan fingerprint density at radius 2 is 2.47 bits per heavy atom. The fraction of sp³-hybridized carbons (Fsp3) is 0.700. The van der Waals surface area contributed by atoms with E-state index in [0.717, 1.165) is 26.2 Å². The van der Waals surface area contributed by atoms with Gasteiger partial charge in [-0.05, 0) is 13.0 Å². The Kier molecular flexibility index (Phi) is 3.97. The van der Waals surface area contributed by atoms with Gasteiger partial charge in [-0.2, -0.15) is 0 Å². The minimum atomic E-state index is 0.646. The molecule has 1 N–H and O–H groups in total. The summed E-state index contributed by atoms with van der Waals surface area (Å²) in [6.45, 7) is 6.60. The van der Waals surface area contributed by atoms with Gasteiger partial charge in [0, 0.05) is 36.8 Å². The Morgan fingerprint density at radius 1 is 1.67 bits per heavy atom. The van der Waals surface area contributed by atoms with E-state index in [9.17, 15) is 0 Å². The number of nitrogens with zero attached hydrogens (tertiary/aromatic N) is 2. The standard InChI is InChI=1S/C10H16ClN3S/c1-2-3-14(8-4-12-5-8)7-9-6-13-10(11)15-9/h6,8,12H,2-5,7H2,1H3. The first-order valence-corrected chi connectivity index (χ1v) is 6.54. The van der Waals surface area contributed by atoms with Gasteiger partial charge >= 0.3 is 0 Å². The summed E-state index contributed by atoms with van der Waals surface area (Å²) in [7, 11) is 0. The van der Waals surface area contributed by atoms with Crippen molar-refractivity contribution in [3.05, 3.63) is 15.5 Å². The summed E-state index contributed by atoms with van der Waals surface area (Å²) in [5.74, 6) is 0. The van der Waals surface area contributed by atoms with Crippen molar-refractivity contribution >= 4 is 22.9 Å². The molecule has 3 nitrogen and oxygen atoms in total. The second kappa shape index (κ2) is 5.25. The number of aromatic nitrogens is 1. The van der Waals surface area contributed by atoms with Crippen LogP contribution in [0.3, 0.4) is 0 Å². The molecule has 1 saturated heterocycles. The van der Waals surface area contributed by atoms with Crippen molar-refractivity contribution in [2.45, 2.75) is 25.9 Å². The minimum Gasteiger partial charge on any atom is -0.314 e. The van der Waals surface area contributed by atoms with Crippen molar-refractivity contribution in [2.75, 3.05) is 19.6 Å². The van der Waals surface area contributed by atoms with Crippen LogP contribution in [0.2, 0.25) is 4.47 Å². The Morgan fingerprint density at radius 3 is 2.93 bits per heavy atom. The van der Waals surface area contributed by atoms with E-state index in [4.69, 9.17) is 11.6 Å². The SMILES string of the molecule is CCCN(Cc1cnc(Cl)s1)C1CNC1. The molecule has 0 unspecified atom stereocenters. The molecule has 0 spiro atoms. The minimum absolute atomic E-state index is 0.646. The number of halogens is 1. The van der Waals surface area contributed by atoms with E-state index in [1.54, 1.807) is 11.3 Å². The summed E-state index contributed by atoms with van der Waals surface area (Å²) in [6, 6.07) is 0.700. The van der Waals surface area contributed by atoms with Crippen LogP contribution in [0.25, 0.3) is 0 Å². The van der Waals surface area contributed by atoms with E-state index < -0.39 is 0 Å². The zero-order valence-corrected chi connectivity index (χ0v) is 10.4. The molecule has 0 bridgehead atoms. The van der Waals surface area contributed by atoms with Gasteiger partial charge in [-0.15, -0.1) is 11.3 Å². The average Bonchev–Trinajstić information content (AvgIpc) is 2.48. The molecule has 1 aromatic rings. The van der Waals surface area contributed by atoms with Crippen molar-refractivity contribution in [3.63, 3.8) is 0 Å². The number of thiazole rings is 1. The zero-order valence-electron chi connectivity index (χ0n) is 8.87. The van der Waals surface area contributed by atoms with E-state index in [1.807, 2.05) is 6.20 Å². The first-order valence-electron chi connectivity index (χ1n) is 5.34. The largest absolute Gasteiger partial charge is 0.314 e. The summed E-state index contributed by atoms with van der Waals surface area (Å²) in [5, 5.41) is 3.31. The molecule has 84 valence electrons. The predicted octanol–water partition coefficient (Wildman–Crippen LogP) is 1.98. The van der Waals surface area contributed by atoms with Gasteiger partial charge in [0.15, 0.2) is 4.47 Å². The summed E-state index contributed by atoms with van der Waals surface area (Å²) in [6.07, 6.45) is 3.09. The molecule has 1 aliphatic rings. The molecule has 15 heavy (non-hydrogen) atoms. The second-order valence-electron chi connectivity index (χ2n) is 3.86. The highest BCUT2D eigenvalue weighted by molar-refractivity contribution is 7.15. The Balaban J connectivity index is 1.93. The first-order chi connectivity index (χ1) is 7.29. The Bertz CT molecular complexity index is 311. The third-order valence-corrected chi connectivity index (χ3v) is 3.77. The van der Waals surface area contributed by atoms with Crippen LogP contribution >= 0.6 is 22.9 Å². The maximum absolute atomic E-state index is 5.82. The van der Waals surface area contributed by atoms with Gasteiger partial charge in [0.25, 0.3) is 0 Å². The van der Waals surface area contributed by atoms with E-state index in [0.29, 0.717) is 10.5 Å². The first kappa shape index (κ1) is 11.3. The topological polar surface area (TPSA) is 28.2 Å². The predicted molar refractivity (Wildman–Crippen MR) is 64.5 cm³/mol. The normalized spacial score (nSPS) is 17.0. The molecule has 5 heteroatoms. The Labute approximate surface area is 99.5 Å². The van der Waals surface area contributed by atoms with Crippen LogP contribution in [-0.2, 0) is 6.54 Å². The number of nitrogens with one attached hydrogen (secondary N) is 1. The number of hydrogen-bond acceptors (Lipinski definition) is 4. The van der Waals surface area contributed by atoms with E-state index in [-0.39, 0.29) is 0 Å². The summed E-state index contributed by atoms with van der Waals surface area (Å²) >= 11 is 7.41. The lowest BCUT2D eigenvalue weighted by atomic mass is 10.1. The average molecular weight is 246 g/mol. The van der Waals surface area contributed by atoms with Crippen molar-refractivity contribution in [1.82, 2.24) is 15.2 Å². The molecule has 1 fully saturated rings. The third kappa shape index (κ3) is 2.91. The molecule has 0 aromatic carbocycles. The van der Waals surface area contributed by atoms with Gasteiger partial charge in [0.2, 0.25) is 0 Å². The molecule has 1 aliphatic heterocycles. The van der Waals surface area contributed by atoms with Crippen molar-refractivity contribution in [2.24, 2.45) is 0 Å². The highest BCUT2D eigenvalue weighted by Gasteiger charge is 2.24. The lowest BCUT2D eigenvalue weighted by Crippen LogP contribution is -2.56. The highest BCUT2D eigenvalue weighted by Crippen LogP contribution is 2.21. The number of rotatable bonds is 5. The quantitative estimate of drug-likeness (QED) is 0.860. The van der Waals surface area contributed by atoms with Gasteiger partial charge in [-0.1, -0.05) is 18.5 Å². The van der Waals surface area contributed by atoms with Crippen LogP contribution in [0, 0.1) is 0 Å². The number of hydrogen-bond donors (Lipinski definition) is 1. The molecule has 2 rings (SSSR count). The maximum Gasteiger partial charge on any atom is 0.183 e. The molecule has 1 aromatic heterocycles. The van der Waals surface area contributed by atoms with Gasteiger partial charge < -0.3 is 5.32 Å². The van der Waals surface area contributed by atoms with Crippen molar-refractivity contribution < 1.29 is 0 Å². The zero-order chi connectivity index (χ0) is 10.7. The molecule has 2 heterocycles. The van der Waals surface area contributed by atoms with Crippen LogP contribution in [0.1, 0.15) is 18.2 Å². The maximum atomic E-state index is 5.82. The lowest BCUT2D eigenvalue weighted by molar-refractivity contribution is 0.139. The Hall–Kier alpha value is -0.160. The van der Waals surface area contributed by atoms with Gasteiger partial charge in [0.05, 0.1) is 0 Å². The van der Waals surface area contributed by atoms with Crippen molar-refractivity contribution in [1.29, 1.82) is 0 Å². The molecule has 0 atom stereocenters. The van der Waals surface area contributed by atoms with Crippen LogP contribution < -0.4 is 5.32 Å². The summed E-state index contributed by atoms with van der Waals surface area (Å²) in [5.41, 5.74) is 0. The van der Waals surface area contributed by atoms with Gasteiger partial charge in [-0.3, -0.25) is 4.90 Å². The van der Waals surface area contributed by atoms with Gasteiger partial charge in [-0.25, -0.2) is 4.98 Å². The molecular formula is C10H16ClN3S. The molecular weight excluding hydrogens is 230 g/mol. The second-order valence-corrected chi connectivity index (χ2v) is 5.56. The third-order valence-electron chi connectivity index (χ3n) is 2.67. The lowest BCUT2D eigenvalue weighted by Gasteiger charge is -2.37. The molecule has 0 radical (unpaired) electrons. The fourth-order valence-electron chi connectivity index (χ4n) is 1.77. The van der Waals surface area contributed by atoms with Crippen molar-refractivity contribution in [3.8, 4) is 0 Å². The summed E-state index contributed by atoms with van der Waals surface area (Å²) < 4.78 is 0.646. The van der Waals surface area contributed by atoms with Crippen LogP contribution in [0.4, 0.5) is 0 Å². The van der Waals surface area contributed by atoms with E-state index in [1.165, 1.54) is 11.3 Å². The van der Waals surface area contributed by atoms with Crippen LogP contribution in [0.15, 0.2) is 6.20 Å². The summed E-state index contributed by atoms with van der Waals surface area (Å²) in [4.78, 5) is 7.85. The van der Waals surface area contributed by atoms with E-state index in [2.05, 4.69) is 22.1 Å². The molecule has 0 amide bonds. The van der Waals surface area contributed by atoms with Crippen LogP contribution in [-0.4, -0.2) is 35.6 Å². The van der Waals surface area contributed by atoms with Gasteiger partial charge in [0.1, 0.15) is 0 Å². The fourth-order valence-corrected chi connectivity index (χ4v) is 2.77. The molecule has 0 saturated carbocycles. The monoisotopic (exact) mass is 245 g/mol. The smallest absolute Gasteiger partial charge is 0.183 e. The molecule has 0 aliphatic carbocycles. The highest BCUT2D eigenvalue weighted by atomic mass is 35.5. The van der Waals surface area contributed by atoms with E-state index >= 15 is 0 Å².